The van der Waals surface area contributed by atoms with Crippen LogP contribution in [0.4, 0.5) is 0 Å². The lowest BCUT2D eigenvalue weighted by molar-refractivity contribution is 0.146. The van der Waals surface area contributed by atoms with E-state index in [1.54, 1.807) is 18.7 Å². The molecule has 0 aliphatic carbocycles. The monoisotopic (exact) mass is 299 g/mol. The average molecular weight is 300 g/mol. The largest absolute Gasteiger partial charge is 0.391 e. The molecule has 102 valence electrons. The summed E-state index contributed by atoms with van der Waals surface area (Å²) in [4.78, 5) is 5.22. The van der Waals surface area contributed by atoms with Crippen LogP contribution in [0.3, 0.4) is 0 Å². The summed E-state index contributed by atoms with van der Waals surface area (Å²) in [5, 5.41) is 13.9. The highest BCUT2D eigenvalue weighted by molar-refractivity contribution is 7.98. The Bertz CT molecular complexity index is 530. The molecular formula is C12H14ClN3O2S. The first kappa shape index (κ1) is 14.3. The number of halogens is 1. The molecule has 2 atom stereocenters. The SMILES string of the molecule is C[C@@H](O)[C@H](N)c1nc(CSc2ccc(Cl)cc2)no1. The number of hydrogen-bond acceptors (Lipinski definition) is 6. The quantitative estimate of drug-likeness (QED) is 0.825. The first-order valence-electron chi connectivity index (χ1n) is 5.71. The second kappa shape index (κ2) is 6.38. The van der Waals surface area contributed by atoms with Gasteiger partial charge in [0.05, 0.1) is 11.9 Å². The molecular weight excluding hydrogens is 286 g/mol. The van der Waals surface area contributed by atoms with E-state index in [-0.39, 0.29) is 5.89 Å². The number of thioether (sulfide) groups is 1. The van der Waals surface area contributed by atoms with Gasteiger partial charge >= 0.3 is 0 Å². The number of nitrogens with two attached hydrogens (primary N) is 1. The molecule has 0 bridgehead atoms. The van der Waals surface area contributed by atoms with Crippen molar-refractivity contribution in [2.75, 3.05) is 0 Å². The molecule has 0 spiro atoms. The van der Waals surface area contributed by atoms with Crippen LogP contribution in [0.2, 0.25) is 5.02 Å². The number of aromatic nitrogens is 2. The fourth-order valence-electron chi connectivity index (χ4n) is 1.35. The van der Waals surface area contributed by atoms with E-state index in [4.69, 9.17) is 21.9 Å². The Hall–Kier alpha value is -1.08. The average Bonchev–Trinajstić information content (AvgIpc) is 2.86. The van der Waals surface area contributed by atoms with Crippen molar-refractivity contribution in [1.29, 1.82) is 0 Å². The molecule has 0 saturated heterocycles. The molecule has 0 amide bonds. The minimum atomic E-state index is -0.725. The summed E-state index contributed by atoms with van der Waals surface area (Å²) < 4.78 is 5.01. The number of rotatable bonds is 5. The number of aliphatic hydroxyl groups excluding tert-OH is 1. The molecule has 0 fully saturated rings. The molecule has 1 aromatic heterocycles. The van der Waals surface area contributed by atoms with E-state index >= 15 is 0 Å². The standard InChI is InChI=1S/C12H14ClN3O2S/c1-7(17)11(14)12-15-10(16-18-12)6-19-9-4-2-8(13)3-5-9/h2-5,7,11,17H,6,14H2,1H3/t7-,11+/m1/s1. The van der Waals surface area contributed by atoms with Crippen molar-refractivity contribution in [2.24, 2.45) is 5.73 Å². The molecule has 0 aliphatic heterocycles. The number of hydrogen-bond donors (Lipinski definition) is 2. The maximum Gasteiger partial charge on any atom is 0.246 e. The number of nitrogens with zero attached hydrogens (tertiary/aromatic N) is 2. The zero-order valence-corrected chi connectivity index (χ0v) is 11.9. The molecule has 7 heteroatoms. The summed E-state index contributed by atoms with van der Waals surface area (Å²) in [6.45, 7) is 1.58. The van der Waals surface area contributed by atoms with Gasteiger partial charge in [-0.2, -0.15) is 4.98 Å². The van der Waals surface area contributed by atoms with Crippen LogP contribution >= 0.6 is 23.4 Å². The molecule has 1 aromatic carbocycles. The highest BCUT2D eigenvalue weighted by Crippen LogP contribution is 2.23. The molecule has 5 nitrogen and oxygen atoms in total. The van der Waals surface area contributed by atoms with Crippen molar-refractivity contribution in [3.05, 3.63) is 41.0 Å². The van der Waals surface area contributed by atoms with Gasteiger partial charge in [-0.1, -0.05) is 16.8 Å². The Morgan fingerprint density at radius 2 is 2.11 bits per heavy atom. The Morgan fingerprint density at radius 1 is 1.42 bits per heavy atom. The van der Waals surface area contributed by atoms with Crippen LogP contribution in [0.15, 0.2) is 33.7 Å². The molecule has 0 radical (unpaired) electrons. The summed E-state index contributed by atoms with van der Waals surface area (Å²) in [6, 6.07) is 6.86. The van der Waals surface area contributed by atoms with Gasteiger partial charge in [-0.3, -0.25) is 0 Å². The van der Waals surface area contributed by atoms with Crippen molar-refractivity contribution >= 4 is 23.4 Å². The Balaban J connectivity index is 1.95. The molecule has 0 saturated carbocycles. The number of aliphatic hydroxyl groups is 1. The fraction of sp³-hybridized carbons (Fsp3) is 0.333. The van der Waals surface area contributed by atoms with Gasteiger partial charge in [-0.15, -0.1) is 11.8 Å². The zero-order valence-electron chi connectivity index (χ0n) is 10.3. The van der Waals surface area contributed by atoms with Crippen LogP contribution in [0.5, 0.6) is 0 Å². The highest BCUT2D eigenvalue weighted by Gasteiger charge is 2.19. The van der Waals surface area contributed by atoms with Gasteiger partial charge in [0.2, 0.25) is 5.89 Å². The lowest BCUT2D eigenvalue weighted by atomic mass is 10.2. The van der Waals surface area contributed by atoms with Gasteiger partial charge in [0, 0.05) is 9.92 Å². The van der Waals surface area contributed by atoms with Gasteiger partial charge in [0.1, 0.15) is 6.04 Å². The van der Waals surface area contributed by atoms with Crippen molar-refractivity contribution < 1.29 is 9.63 Å². The predicted octanol–water partition coefficient (Wildman–Crippen LogP) is 2.40. The van der Waals surface area contributed by atoms with Crippen LogP contribution in [0.1, 0.15) is 24.7 Å². The summed E-state index contributed by atoms with van der Waals surface area (Å²) in [6.07, 6.45) is -0.725. The molecule has 2 rings (SSSR count). The van der Waals surface area contributed by atoms with E-state index < -0.39 is 12.1 Å². The fourth-order valence-corrected chi connectivity index (χ4v) is 2.21. The lowest BCUT2D eigenvalue weighted by Gasteiger charge is -2.08. The van der Waals surface area contributed by atoms with Gasteiger partial charge in [-0.05, 0) is 31.2 Å². The molecule has 19 heavy (non-hydrogen) atoms. The van der Waals surface area contributed by atoms with Gasteiger partial charge in [0.25, 0.3) is 0 Å². The highest BCUT2D eigenvalue weighted by atomic mass is 35.5. The summed E-state index contributed by atoms with van der Waals surface area (Å²) in [7, 11) is 0. The zero-order chi connectivity index (χ0) is 13.8. The summed E-state index contributed by atoms with van der Waals surface area (Å²) in [5.41, 5.74) is 5.71. The minimum absolute atomic E-state index is 0.252. The lowest BCUT2D eigenvalue weighted by Crippen LogP contribution is -2.23. The van der Waals surface area contributed by atoms with E-state index in [2.05, 4.69) is 10.1 Å². The predicted molar refractivity (Wildman–Crippen MR) is 73.9 cm³/mol. The van der Waals surface area contributed by atoms with E-state index in [0.717, 1.165) is 4.90 Å². The second-order valence-corrected chi connectivity index (χ2v) is 5.54. The van der Waals surface area contributed by atoms with Crippen molar-refractivity contribution in [1.82, 2.24) is 10.1 Å². The molecule has 1 heterocycles. The van der Waals surface area contributed by atoms with E-state index in [1.807, 2.05) is 24.3 Å². The number of benzene rings is 1. The third-order valence-electron chi connectivity index (χ3n) is 2.47. The first-order chi connectivity index (χ1) is 9.06. The third-order valence-corrected chi connectivity index (χ3v) is 3.73. The maximum atomic E-state index is 9.35. The summed E-state index contributed by atoms with van der Waals surface area (Å²) >= 11 is 7.38. The van der Waals surface area contributed by atoms with Crippen molar-refractivity contribution in [2.45, 2.75) is 29.7 Å². The Kier molecular flexibility index (Phi) is 4.81. The Labute approximate surface area is 120 Å². The van der Waals surface area contributed by atoms with Crippen LogP contribution < -0.4 is 5.73 Å². The Morgan fingerprint density at radius 3 is 2.74 bits per heavy atom. The normalized spacial score (nSPS) is 14.3. The van der Waals surface area contributed by atoms with Crippen LogP contribution in [-0.2, 0) is 5.75 Å². The van der Waals surface area contributed by atoms with Crippen LogP contribution in [0, 0.1) is 0 Å². The van der Waals surface area contributed by atoms with Crippen molar-refractivity contribution in [3.8, 4) is 0 Å². The smallest absolute Gasteiger partial charge is 0.246 e. The molecule has 0 aliphatic rings. The van der Waals surface area contributed by atoms with Crippen LogP contribution in [0.25, 0.3) is 0 Å². The first-order valence-corrected chi connectivity index (χ1v) is 7.07. The summed E-state index contributed by atoms with van der Waals surface area (Å²) in [5.74, 6) is 1.37. The molecule has 3 N–H and O–H groups in total. The van der Waals surface area contributed by atoms with Gasteiger partial charge in [0.15, 0.2) is 5.82 Å². The van der Waals surface area contributed by atoms with E-state index in [0.29, 0.717) is 16.6 Å². The second-order valence-electron chi connectivity index (χ2n) is 4.06. The minimum Gasteiger partial charge on any atom is -0.391 e. The molecule has 0 unspecified atom stereocenters. The van der Waals surface area contributed by atoms with Crippen LogP contribution in [-0.4, -0.2) is 21.4 Å². The van der Waals surface area contributed by atoms with Gasteiger partial charge in [-0.25, -0.2) is 0 Å². The third kappa shape index (κ3) is 3.94. The topological polar surface area (TPSA) is 85.2 Å². The van der Waals surface area contributed by atoms with Crippen molar-refractivity contribution in [3.63, 3.8) is 0 Å². The van der Waals surface area contributed by atoms with Gasteiger partial charge < -0.3 is 15.4 Å². The van der Waals surface area contributed by atoms with E-state index in [9.17, 15) is 5.11 Å². The van der Waals surface area contributed by atoms with E-state index in [1.165, 1.54) is 0 Å². The maximum absolute atomic E-state index is 9.35. The molecule has 2 aromatic rings.